The quantitative estimate of drug-likeness (QED) is 0.0691. The second kappa shape index (κ2) is 33.3. The summed E-state index contributed by atoms with van der Waals surface area (Å²) in [5, 5.41) is 15.2. The lowest BCUT2D eigenvalue weighted by Crippen LogP contribution is -2.19. The molecular formula is C66H74N6O11. The standard InChI is InChI=1S/C66H74N6O11/c73-66(68-54-20-23-57(24-21-54)72(58-25-29-60(30-26-58)82-50-52-13-5-3-6-14-52)59-27-31-61(32-28-59)83-51-53-15-7-4-8-16-53)49-71-48-56(69-70-71)17-9-1-2-12-34-67-55-22-33-64-65(47-55)81-46-42-77-38-37-75-40-44-79-63-19-11-10-18-62(63)78-43-39-74-35-36-76-41-45-80-64/h3-8,10-11,13-16,18-33,47-48,67H,1-2,9,12,17,34-46,49-51H2,(H,68,73). The number of unbranched alkanes of at least 4 members (excludes halogenated alkanes) is 3. The molecule has 83 heavy (non-hydrogen) atoms. The largest absolute Gasteiger partial charge is 0.489 e. The van der Waals surface area contributed by atoms with Crippen molar-refractivity contribution >= 4 is 34.3 Å². The third-order valence-electron chi connectivity index (χ3n) is 13.2. The van der Waals surface area contributed by atoms with E-state index in [1.54, 1.807) is 4.68 Å². The molecule has 1 aliphatic heterocycles. The number of ether oxygens (including phenoxy) is 10. The van der Waals surface area contributed by atoms with Crippen LogP contribution in [0.3, 0.4) is 0 Å². The molecule has 0 spiro atoms. The van der Waals surface area contributed by atoms with Gasteiger partial charge in [-0.25, -0.2) is 4.68 Å². The van der Waals surface area contributed by atoms with E-state index in [0.717, 1.165) is 89.7 Å². The maximum Gasteiger partial charge on any atom is 0.246 e. The van der Waals surface area contributed by atoms with Crippen molar-refractivity contribution in [3.63, 3.8) is 0 Å². The number of carbonyl (C=O) groups is 1. The number of aromatic nitrogens is 3. The zero-order chi connectivity index (χ0) is 56.8. The Morgan fingerprint density at radius 1 is 0.470 bits per heavy atom. The van der Waals surface area contributed by atoms with E-state index in [1.165, 1.54) is 0 Å². The van der Waals surface area contributed by atoms with Gasteiger partial charge in [0.15, 0.2) is 23.0 Å². The number of hydrogen-bond donors (Lipinski definition) is 2. The summed E-state index contributed by atoms with van der Waals surface area (Å²) in [5.41, 5.74) is 7.46. The van der Waals surface area contributed by atoms with Crippen LogP contribution in [-0.4, -0.2) is 107 Å². The Morgan fingerprint density at radius 3 is 1.45 bits per heavy atom. The summed E-state index contributed by atoms with van der Waals surface area (Å²) in [6, 6.07) is 57.5. The van der Waals surface area contributed by atoms with Crippen LogP contribution in [0.5, 0.6) is 34.5 Å². The summed E-state index contributed by atoms with van der Waals surface area (Å²) in [4.78, 5) is 15.4. The van der Waals surface area contributed by atoms with Gasteiger partial charge in [0.05, 0.1) is 58.5 Å². The Hall–Kier alpha value is -8.61. The maximum atomic E-state index is 13.3. The van der Waals surface area contributed by atoms with E-state index in [2.05, 4.69) is 25.8 Å². The van der Waals surface area contributed by atoms with Crippen LogP contribution in [0.15, 0.2) is 182 Å². The molecule has 9 rings (SSSR count). The summed E-state index contributed by atoms with van der Waals surface area (Å²) in [6.07, 6.45) is 6.64. The lowest BCUT2D eigenvalue weighted by molar-refractivity contribution is -0.116. The molecule has 434 valence electrons. The average molecular weight is 1130 g/mol. The van der Waals surface area contributed by atoms with Gasteiger partial charge in [0.25, 0.3) is 0 Å². The number of carbonyl (C=O) groups excluding carboxylic acids is 1. The van der Waals surface area contributed by atoms with Crippen LogP contribution in [0.4, 0.5) is 28.4 Å². The van der Waals surface area contributed by atoms with E-state index in [0.29, 0.717) is 121 Å². The highest BCUT2D eigenvalue weighted by Gasteiger charge is 2.16. The van der Waals surface area contributed by atoms with Gasteiger partial charge >= 0.3 is 0 Å². The summed E-state index contributed by atoms with van der Waals surface area (Å²) in [7, 11) is 0. The molecule has 1 amide bonds. The second-order valence-corrected chi connectivity index (χ2v) is 19.4. The number of para-hydroxylation sites is 2. The zero-order valence-corrected chi connectivity index (χ0v) is 46.9. The van der Waals surface area contributed by atoms with Gasteiger partial charge in [-0.3, -0.25) is 4.79 Å². The Labute approximate surface area is 486 Å². The first-order valence-electron chi connectivity index (χ1n) is 28.5. The molecule has 2 heterocycles. The fourth-order valence-corrected chi connectivity index (χ4v) is 8.93. The molecule has 8 aromatic rings. The molecule has 0 atom stereocenters. The van der Waals surface area contributed by atoms with E-state index in [4.69, 9.17) is 47.4 Å². The molecule has 0 bridgehead atoms. The van der Waals surface area contributed by atoms with Gasteiger partial charge < -0.3 is 62.9 Å². The molecule has 7 aromatic carbocycles. The molecule has 1 aliphatic rings. The molecule has 17 heteroatoms. The van der Waals surface area contributed by atoms with E-state index in [1.807, 2.05) is 182 Å². The monoisotopic (exact) mass is 1130 g/mol. The second-order valence-electron chi connectivity index (χ2n) is 19.4. The number of nitrogens with one attached hydrogen (secondary N) is 2. The van der Waals surface area contributed by atoms with Crippen molar-refractivity contribution in [2.24, 2.45) is 0 Å². The van der Waals surface area contributed by atoms with Gasteiger partial charge in [-0.05, 0) is 127 Å². The number of hydrogen-bond acceptors (Lipinski definition) is 15. The highest BCUT2D eigenvalue weighted by atomic mass is 16.6. The number of nitrogens with zero attached hydrogens (tertiary/aromatic N) is 4. The third kappa shape index (κ3) is 20.1. The fourth-order valence-electron chi connectivity index (χ4n) is 8.93. The molecular weight excluding hydrogens is 1050 g/mol. The van der Waals surface area contributed by atoms with Crippen molar-refractivity contribution in [1.82, 2.24) is 15.0 Å². The lowest BCUT2D eigenvalue weighted by atomic mass is 10.1. The minimum absolute atomic E-state index is 0.0429. The first-order chi connectivity index (χ1) is 41.1. The van der Waals surface area contributed by atoms with E-state index in [9.17, 15) is 4.79 Å². The minimum atomic E-state index is -0.198. The minimum Gasteiger partial charge on any atom is -0.489 e. The van der Waals surface area contributed by atoms with Gasteiger partial charge in [-0.1, -0.05) is 90.9 Å². The van der Waals surface area contributed by atoms with Crippen LogP contribution >= 0.6 is 0 Å². The van der Waals surface area contributed by atoms with E-state index < -0.39 is 0 Å². The highest BCUT2D eigenvalue weighted by Crippen LogP contribution is 2.37. The molecule has 0 fully saturated rings. The van der Waals surface area contributed by atoms with Crippen LogP contribution in [0, 0.1) is 0 Å². The highest BCUT2D eigenvalue weighted by molar-refractivity contribution is 5.91. The Balaban J connectivity index is 0.693. The maximum absolute atomic E-state index is 13.3. The summed E-state index contributed by atoms with van der Waals surface area (Å²) in [6.45, 7) is 6.64. The molecule has 0 saturated heterocycles. The summed E-state index contributed by atoms with van der Waals surface area (Å²) in [5.74, 6) is 3.93. The number of aryl methyl sites for hydroxylation is 1. The number of fused-ring (bicyclic) bond motifs is 2. The van der Waals surface area contributed by atoms with Crippen molar-refractivity contribution < 1.29 is 52.2 Å². The van der Waals surface area contributed by atoms with Gasteiger partial charge in [0, 0.05) is 47.2 Å². The van der Waals surface area contributed by atoms with Crippen LogP contribution in [-0.2, 0) is 49.9 Å². The lowest BCUT2D eigenvalue weighted by Gasteiger charge is -2.26. The Kier molecular flexibility index (Phi) is 23.7. The van der Waals surface area contributed by atoms with Gasteiger partial charge in [0.2, 0.25) is 5.91 Å². The van der Waals surface area contributed by atoms with Crippen molar-refractivity contribution in [3.05, 3.63) is 199 Å². The zero-order valence-electron chi connectivity index (χ0n) is 46.9. The average Bonchev–Trinajstić information content (AvgIpc) is 4.09. The molecule has 1 aromatic heterocycles. The molecule has 17 nitrogen and oxygen atoms in total. The number of rotatable bonds is 20. The van der Waals surface area contributed by atoms with Gasteiger partial charge in [-0.15, -0.1) is 5.10 Å². The SMILES string of the molecule is O=C(Cn1cc(CCCCCCNc2ccc3c(c2)OCCOCCOCCOc2ccccc2OCCOCCOCCO3)nn1)Nc1ccc(N(c2ccc(OCc3ccccc3)cc2)c2ccc(OCc3ccccc3)cc2)cc1. The van der Waals surface area contributed by atoms with Crippen LogP contribution in [0.1, 0.15) is 42.5 Å². The van der Waals surface area contributed by atoms with Crippen molar-refractivity contribution in [2.45, 2.75) is 51.9 Å². The van der Waals surface area contributed by atoms with Crippen molar-refractivity contribution in [3.8, 4) is 34.5 Å². The molecule has 0 saturated carbocycles. The predicted octanol–water partition coefficient (Wildman–Crippen LogP) is 12.1. The number of benzene rings is 7. The Morgan fingerprint density at radius 2 is 0.916 bits per heavy atom. The molecule has 2 N–H and O–H groups in total. The number of amides is 1. The van der Waals surface area contributed by atoms with Crippen molar-refractivity contribution in [1.29, 1.82) is 0 Å². The van der Waals surface area contributed by atoms with E-state index >= 15 is 0 Å². The molecule has 0 aliphatic carbocycles. The number of anilines is 5. The first kappa shape index (κ1) is 59.0. The third-order valence-corrected chi connectivity index (χ3v) is 13.2. The van der Waals surface area contributed by atoms with Gasteiger partial charge in [-0.2, -0.15) is 0 Å². The Bertz CT molecular complexity index is 3030. The summed E-state index contributed by atoms with van der Waals surface area (Å²) < 4.78 is 60.7. The van der Waals surface area contributed by atoms with Gasteiger partial charge in [0.1, 0.15) is 57.7 Å². The predicted molar refractivity (Wildman–Crippen MR) is 320 cm³/mol. The van der Waals surface area contributed by atoms with E-state index in [-0.39, 0.29) is 12.5 Å². The smallest absolute Gasteiger partial charge is 0.246 e. The summed E-state index contributed by atoms with van der Waals surface area (Å²) >= 11 is 0. The van der Waals surface area contributed by atoms with Crippen LogP contribution in [0.2, 0.25) is 0 Å². The van der Waals surface area contributed by atoms with Crippen molar-refractivity contribution in [2.75, 3.05) is 101 Å². The first-order valence-corrected chi connectivity index (χ1v) is 28.5. The topological polar surface area (TPSA) is 167 Å². The van der Waals surface area contributed by atoms with Crippen LogP contribution in [0.25, 0.3) is 0 Å². The fraction of sp³-hybridized carbons (Fsp3) is 0.318. The molecule has 0 radical (unpaired) electrons. The van der Waals surface area contributed by atoms with Crippen LogP contribution < -0.4 is 44.0 Å². The normalized spacial score (nSPS) is 13.9. The molecule has 0 unspecified atom stereocenters.